The second-order valence-electron chi connectivity index (χ2n) is 7.07. The number of benzene rings is 2. The van der Waals surface area contributed by atoms with E-state index in [0.717, 1.165) is 53.5 Å². The number of anilines is 1. The van der Waals surface area contributed by atoms with Crippen LogP contribution in [0, 0.1) is 0 Å². The maximum atomic E-state index is 13.0. The third kappa shape index (κ3) is 2.95. The number of rotatable bonds is 3. The van der Waals surface area contributed by atoms with Crippen LogP contribution >= 0.6 is 0 Å². The van der Waals surface area contributed by atoms with E-state index < -0.39 is 0 Å². The predicted molar refractivity (Wildman–Crippen MR) is 110 cm³/mol. The number of nitrogens with one attached hydrogen (secondary N) is 1. The number of carbonyl (C=O) groups excluding carboxylic acids is 1. The SMILES string of the molecule is O=C(Nc1ccc2ccccc2n1)c1nn(-c2ccccc2)c2c1CCCC2. The third-order valence-electron chi connectivity index (χ3n) is 5.24. The van der Waals surface area contributed by atoms with E-state index in [2.05, 4.69) is 10.3 Å². The van der Waals surface area contributed by atoms with Crippen LogP contribution < -0.4 is 5.32 Å². The average molecular weight is 368 g/mol. The molecule has 4 aromatic rings. The van der Waals surface area contributed by atoms with Gasteiger partial charge >= 0.3 is 0 Å². The van der Waals surface area contributed by atoms with E-state index in [4.69, 9.17) is 5.10 Å². The first-order valence-electron chi connectivity index (χ1n) is 9.63. The number of pyridine rings is 1. The Labute approximate surface area is 163 Å². The lowest BCUT2D eigenvalue weighted by Gasteiger charge is -2.14. The first-order chi connectivity index (χ1) is 13.8. The summed E-state index contributed by atoms with van der Waals surface area (Å²) in [5.41, 5.74) is 4.57. The zero-order chi connectivity index (χ0) is 18.9. The second-order valence-corrected chi connectivity index (χ2v) is 7.07. The van der Waals surface area contributed by atoms with Crippen molar-refractivity contribution in [2.75, 3.05) is 5.32 Å². The lowest BCUT2D eigenvalue weighted by molar-refractivity contribution is 0.102. The molecular weight excluding hydrogens is 348 g/mol. The van der Waals surface area contributed by atoms with Crippen molar-refractivity contribution < 1.29 is 4.79 Å². The first-order valence-corrected chi connectivity index (χ1v) is 9.63. The molecule has 1 amide bonds. The fourth-order valence-corrected chi connectivity index (χ4v) is 3.88. The molecule has 2 heterocycles. The van der Waals surface area contributed by atoms with Gasteiger partial charge in [-0.2, -0.15) is 5.10 Å². The highest BCUT2D eigenvalue weighted by molar-refractivity contribution is 6.04. The molecular formula is C23H20N4O. The van der Waals surface area contributed by atoms with E-state index in [9.17, 15) is 4.79 Å². The molecule has 0 saturated carbocycles. The number of aromatic nitrogens is 3. The van der Waals surface area contributed by atoms with Crippen molar-refractivity contribution in [3.8, 4) is 5.69 Å². The van der Waals surface area contributed by atoms with Crippen molar-refractivity contribution >= 4 is 22.6 Å². The second kappa shape index (κ2) is 6.93. The number of fused-ring (bicyclic) bond motifs is 2. The minimum atomic E-state index is -0.199. The Morgan fingerprint density at radius 3 is 2.57 bits per heavy atom. The lowest BCUT2D eigenvalue weighted by atomic mass is 9.95. The molecule has 2 aromatic carbocycles. The zero-order valence-electron chi connectivity index (χ0n) is 15.4. The Hall–Kier alpha value is -3.47. The third-order valence-corrected chi connectivity index (χ3v) is 5.24. The van der Waals surface area contributed by atoms with Gasteiger partial charge < -0.3 is 5.32 Å². The molecule has 0 unspecified atom stereocenters. The fourth-order valence-electron chi connectivity index (χ4n) is 3.88. The Kier molecular flexibility index (Phi) is 4.13. The van der Waals surface area contributed by atoms with Gasteiger partial charge in [0.25, 0.3) is 5.91 Å². The fraction of sp³-hybridized carbons (Fsp3) is 0.174. The van der Waals surface area contributed by atoms with Gasteiger partial charge in [-0.05, 0) is 56.0 Å². The van der Waals surface area contributed by atoms with E-state index in [0.29, 0.717) is 11.5 Å². The normalized spacial score (nSPS) is 13.3. The molecule has 5 heteroatoms. The molecule has 1 N–H and O–H groups in total. The van der Waals surface area contributed by atoms with Crippen LogP contribution in [-0.2, 0) is 12.8 Å². The van der Waals surface area contributed by atoms with Gasteiger partial charge in [-0.1, -0.05) is 36.4 Å². The molecule has 0 bridgehead atoms. The molecule has 0 fully saturated rings. The van der Waals surface area contributed by atoms with Gasteiger partial charge in [-0.15, -0.1) is 0 Å². The summed E-state index contributed by atoms with van der Waals surface area (Å²) in [5, 5.41) is 8.68. The van der Waals surface area contributed by atoms with Crippen LogP contribution in [0.2, 0.25) is 0 Å². The van der Waals surface area contributed by atoms with Gasteiger partial charge in [-0.3, -0.25) is 4.79 Å². The van der Waals surface area contributed by atoms with E-state index in [1.165, 1.54) is 0 Å². The standard InChI is InChI=1S/C23H20N4O/c28-23(25-21-15-14-16-8-4-6-12-19(16)24-21)22-18-11-5-7-13-20(18)27(26-22)17-9-2-1-3-10-17/h1-4,6,8-10,12,14-15H,5,7,11,13H2,(H,24,25,28). The highest BCUT2D eigenvalue weighted by Gasteiger charge is 2.25. The summed E-state index contributed by atoms with van der Waals surface area (Å²) in [4.78, 5) is 17.6. The van der Waals surface area contributed by atoms with Crippen molar-refractivity contribution in [1.82, 2.24) is 14.8 Å². The average Bonchev–Trinajstić information content (AvgIpc) is 3.14. The number of carbonyl (C=O) groups is 1. The zero-order valence-corrected chi connectivity index (χ0v) is 15.4. The minimum absolute atomic E-state index is 0.199. The molecule has 0 spiro atoms. The molecule has 138 valence electrons. The van der Waals surface area contributed by atoms with Gasteiger partial charge in [0.15, 0.2) is 5.69 Å². The van der Waals surface area contributed by atoms with Crippen LogP contribution in [0.4, 0.5) is 5.82 Å². The van der Waals surface area contributed by atoms with Crippen LogP contribution in [0.5, 0.6) is 0 Å². The Bertz CT molecular complexity index is 1160. The van der Waals surface area contributed by atoms with E-state index >= 15 is 0 Å². The molecule has 5 rings (SSSR count). The Morgan fingerprint density at radius 1 is 0.893 bits per heavy atom. The van der Waals surface area contributed by atoms with Crippen LogP contribution in [-0.4, -0.2) is 20.7 Å². The highest BCUT2D eigenvalue weighted by Crippen LogP contribution is 2.27. The van der Waals surface area contributed by atoms with Gasteiger partial charge in [0.05, 0.1) is 11.2 Å². The van der Waals surface area contributed by atoms with Gasteiger partial charge in [-0.25, -0.2) is 9.67 Å². The minimum Gasteiger partial charge on any atom is -0.305 e. The lowest BCUT2D eigenvalue weighted by Crippen LogP contribution is -2.16. The largest absolute Gasteiger partial charge is 0.305 e. The summed E-state index contributed by atoms with van der Waals surface area (Å²) in [6, 6.07) is 21.7. The van der Waals surface area contributed by atoms with Crippen molar-refractivity contribution in [2.24, 2.45) is 0 Å². The number of para-hydroxylation sites is 2. The predicted octanol–water partition coefficient (Wildman–Crippen LogP) is 4.55. The van der Waals surface area contributed by atoms with Crippen LogP contribution in [0.25, 0.3) is 16.6 Å². The van der Waals surface area contributed by atoms with E-state index in [-0.39, 0.29) is 5.91 Å². The van der Waals surface area contributed by atoms with Gasteiger partial charge in [0.1, 0.15) is 5.82 Å². The van der Waals surface area contributed by atoms with Crippen LogP contribution in [0.3, 0.4) is 0 Å². The summed E-state index contributed by atoms with van der Waals surface area (Å²) < 4.78 is 1.93. The Balaban J connectivity index is 1.51. The summed E-state index contributed by atoms with van der Waals surface area (Å²) >= 11 is 0. The maximum Gasteiger partial charge on any atom is 0.277 e. The summed E-state index contributed by atoms with van der Waals surface area (Å²) in [6.45, 7) is 0. The molecule has 1 aliphatic carbocycles. The summed E-state index contributed by atoms with van der Waals surface area (Å²) in [6.07, 6.45) is 4.04. The topological polar surface area (TPSA) is 59.8 Å². The molecule has 28 heavy (non-hydrogen) atoms. The van der Waals surface area contributed by atoms with Gasteiger partial charge in [0, 0.05) is 16.6 Å². The number of hydrogen-bond acceptors (Lipinski definition) is 3. The molecule has 0 atom stereocenters. The monoisotopic (exact) mass is 368 g/mol. The molecule has 5 nitrogen and oxygen atoms in total. The number of hydrogen-bond donors (Lipinski definition) is 1. The smallest absolute Gasteiger partial charge is 0.277 e. The molecule has 2 aromatic heterocycles. The van der Waals surface area contributed by atoms with E-state index in [1.54, 1.807) is 0 Å². The quantitative estimate of drug-likeness (QED) is 0.577. The van der Waals surface area contributed by atoms with Crippen LogP contribution in [0.15, 0.2) is 66.7 Å². The molecule has 1 aliphatic rings. The van der Waals surface area contributed by atoms with Crippen LogP contribution in [0.1, 0.15) is 34.6 Å². The summed E-state index contributed by atoms with van der Waals surface area (Å²) in [7, 11) is 0. The highest BCUT2D eigenvalue weighted by atomic mass is 16.2. The molecule has 0 aliphatic heterocycles. The number of nitrogens with zero attached hydrogens (tertiary/aromatic N) is 3. The van der Waals surface area contributed by atoms with Crippen molar-refractivity contribution in [1.29, 1.82) is 0 Å². The molecule has 0 saturated heterocycles. The molecule has 0 radical (unpaired) electrons. The first kappa shape index (κ1) is 16.7. The summed E-state index contributed by atoms with van der Waals surface area (Å²) in [5.74, 6) is 0.345. The van der Waals surface area contributed by atoms with Crippen molar-refractivity contribution in [2.45, 2.75) is 25.7 Å². The van der Waals surface area contributed by atoms with E-state index in [1.807, 2.05) is 71.4 Å². The Morgan fingerprint density at radius 2 is 1.68 bits per heavy atom. The van der Waals surface area contributed by atoms with Crippen molar-refractivity contribution in [3.05, 3.63) is 83.7 Å². The van der Waals surface area contributed by atoms with Gasteiger partial charge in [0.2, 0.25) is 0 Å². The number of amides is 1. The van der Waals surface area contributed by atoms with Crippen molar-refractivity contribution in [3.63, 3.8) is 0 Å². The maximum absolute atomic E-state index is 13.0.